The lowest BCUT2D eigenvalue weighted by atomic mass is 9.89. The number of rotatable bonds is 5. The van der Waals surface area contributed by atoms with E-state index in [1.54, 1.807) is 0 Å². The number of fused-ring (bicyclic) bond motifs is 2. The molecule has 0 aromatic carbocycles. The number of amides is 1. The maximum atomic E-state index is 12.1. The molecular weight excluding hydrogens is 272 g/mol. The summed E-state index contributed by atoms with van der Waals surface area (Å²) in [7, 11) is 0. The number of halogens is 1. The maximum Gasteiger partial charge on any atom is 0.220 e. The molecule has 1 aliphatic carbocycles. The molecule has 2 aliphatic heterocycles. The minimum Gasteiger partial charge on any atom is -0.356 e. The quantitative estimate of drug-likeness (QED) is 0.820. The van der Waals surface area contributed by atoms with Crippen LogP contribution in [0.25, 0.3) is 0 Å². The Hall–Kier alpha value is -0.280. The SMILES string of the molecule is CC(C)C1(CNC(=O)CC2CC3CCC(C2)N3)CC1.Cl. The van der Waals surface area contributed by atoms with Crippen LogP contribution in [0.15, 0.2) is 0 Å². The second-order valence-corrected chi connectivity index (χ2v) is 7.47. The molecule has 3 fully saturated rings. The normalized spacial score (nSPS) is 33.6. The van der Waals surface area contributed by atoms with Gasteiger partial charge >= 0.3 is 0 Å². The molecule has 2 bridgehead atoms. The predicted molar refractivity (Wildman–Crippen MR) is 84.0 cm³/mol. The minimum atomic E-state index is 0. The second kappa shape index (κ2) is 6.23. The Morgan fingerprint density at radius 3 is 2.35 bits per heavy atom. The molecule has 2 heterocycles. The Kier molecular flexibility index (Phi) is 5.01. The largest absolute Gasteiger partial charge is 0.356 e. The average Bonchev–Trinajstić information content (AvgIpc) is 3.08. The third-order valence-electron chi connectivity index (χ3n) is 5.80. The first-order chi connectivity index (χ1) is 9.07. The summed E-state index contributed by atoms with van der Waals surface area (Å²) in [6.45, 7) is 5.47. The van der Waals surface area contributed by atoms with Crippen LogP contribution in [0.4, 0.5) is 0 Å². The van der Waals surface area contributed by atoms with E-state index in [2.05, 4.69) is 24.5 Å². The molecule has 0 spiro atoms. The van der Waals surface area contributed by atoms with Crippen molar-refractivity contribution in [1.29, 1.82) is 0 Å². The van der Waals surface area contributed by atoms with Gasteiger partial charge in [-0.15, -0.1) is 12.4 Å². The molecule has 4 heteroatoms. The van der Waals surface area contributed by atoms with Crippen molar-refractivity contribution in [3.63, 3.8) is 0 Å². The summed E-state index contributed by atoms with van der Waals surface area (Å²) in [5.41, 5.74) is 0.433. The molecule has 2 saturated heterocycles. The third-order valence-corrected chi connectivity index (χ3v) is 5.80. The van der Waals surface area contributed by atoms with Crippen LogP contribution in [-0.2, 0) is 4.79 Å². The molecule has 2 unspecified atom stereocenters. The van der Waals surface area contributed by atoms with E-state index in [0.717, 1.165) is 13.0 Å². The molecule has 20 heavy (non-hydrogen) atoms. The van der Waals surface area contributed by atoms with E-state index in [1.165, 1.54) is 38.5 Å². The summed E-state index contributed by atoms with van der Waals surface area (Å²) < 4.78 is 0. The van der Waals surface area contributed by atoms with Crippen LogP contribution in [0, 0.1) is 17.3 Å². The van der Waals surface area contributed by atoms with Crippen molar-refractivity contribution in [3.8, 4) is 0 Å². The summed E-state index contributed by atoms with van der Waals surface area (Å²) in [6.07, 6.45) is 8.39. The van der Waals surface area contributed by atoms with Crippen LogP contribution in [0.3, 0.4) is 0 Å². The van der Waals surface area contributed by atoms with E-state index in [0.29, 0.717) is 35.2 Å². The molecule has 116 valence electrons. The number of nitrogens with one attached hydrogen (secondary N) is 2. The van der Waals surface area contributed by atoms with Gasteiger partial charge in [-0.1, -0.05) is 13.8 Å². The zero-order valence-electron chi connectivity index (χ0n) is 12.8. The maximum absolute atomic E-state index is 12.1. The van der Waals surface area contributed by atoms with Gasteiger partial charge < -0.3 is 10.6 Å². The highest BCUT2D eigenvalue weighted by molar-refractivity contribution is 5.85. The van der Waals surface area contributed by atoms with Gasteiger partial charge in [0.05, 0.1) is 0 Å². The summed E-state index contributed by atoms with van der Waals surface area (Å²) in [4.78, 5) is 12.1. The highest BCUT2D eigenvalue weighted by atomic mass is 35.5. The number of hydrogen-bond acceptors (Lipinski definition) is 2. The van der Waals surface area contributed by atoms with Gasteiger partial charge in [0.1, 0.15) is 0 Å². The predicted octanol–water partition coefficient (Wildman–Crippen LogP) is 2.88. The van der Waals surface area contributed by atoms with Gasteiger partial charge in [0.25, 0.3) is 0 Å². The number of piperidine rings is 1. The van der Waals surface area contributed by atoms with Crippen LogP contribution in [-0.4, -0.2) is 24.5 Å². The topological polar surface area (TPSA) is 41.1 Å². The molecule has 2 N–H and O–H groups in total. The van der Waals surface area contributed by atoms with Gasteiger partial charge in [0.15, 0.2) is 0 Å². The summed E-state index contributed by atoms with van der Waals surface area (Å²) in [5.74, 6) is 1.61. The lowest BCUT2D eigenvalue weighted by Gasteiger charge is -2.29. The van der Waals surface area contributed by atoms with E-state index in [4.69, 9.17) is 0 Å². The van der Waals surface area contributed by atoms with Crippen molar-refractivity contribution in [2.75, 3.05) is 6.54 Å². The average molecular weight is 301 g/mol. The smallest absolute Gasteiger partial charge is 0.220 e. The summed E-state index contributed by atoms with van der Waals surface area (Å²) in [5, 5.41) is 6.85. The molecule has 1 amide bonds. The van der Waals surface area contributed by atoms with Crippen molar-refractivity contribution >= 4 is 18.3 Å². The molecule has 0 radical (unpaired) electrons. The summed E-state index contributed by atoms with van der Waals surface area (Å²) >= 11 is 0. The molecule has 3 aliphatic rings. The lowest BCUT2D eigenvalue weighted by Crippen LogP contribution is -2.40. The van der Waals surface area contributed by atoms with Gasteiger partial charge in [0, 0.05) is 25.0 Å². The summed E-state index contributed by atoms with van der Waals surface area (Å²) in [6, 6.07) is 1.39. The van der Waals surface area contributed by atoms with Crippen LogP contribution < -0.4 is 10.6 Å². The Balaban J connectivity index is 0.00000147. The molecule has 2 atom stereocenters. The van der Waals surface area contributed by atoms with Gasteiger partial charge in [-0.25, -0.2) is 0 Å². The zero-order valence-corrected chi connectivity index (χ0v) is 13.6. The molecule has 0 aromatic heterocycles. The van der Waals surface area contributed by atoms with Crippen molar-refractivity contribution in [2.24, 2.45) is 17.3 Å². The van der Waals surface area contributed by atoms with Gasteiger partial charge in [0.2, 0.25) is 5.91 Å². The fourth-order valence-corrected chi connectivity index (χ4v) is 4.07. The highest BCUT2D eigenvalue weighted by Gasteiger charge is 2.45. The van der Waals surface area contributed by atoms with Crippen LogP contribution in [0.1, 0.15) is 58.8 Å². The highest BCUT2D eigenvalue weighted by Crippen LogP contribution is 2.51. The molecule has 3 rings (SSSR count). The lowest BCUT2D eigenvalue weighted by molar-refractivity contribution is -0.122. The molecule has 0 aromatic rings. The Morgan fingerprint density at radius 1 is 1.25 bits per heavy atom. The first-order valence-corrected chi connectivity index (χ1v) is 8.10. The van der Waals surface area contributed by atoms with E-state index < -0.39 is 0 Å². The van der Waals surface area contributed by atoms with Gasteiger partial charge in [-0.2, -0.15) is 0 Å². The van der Waals surface area contributed by atoms with E-state index >= 15 is 0 Å². The molecular formula is C16H29ClN2O. The Bertz CT molecular complexity index is 342. The fraction of sp³-hybridized carbons (Fsp3) is 0.938. The van der Waals surface area contributed by atoms with Crippen LogP contribution in [0.5, 0.6) is 0 Å². The molecule has 3 nitrogen and oxygen atoms in total. The first-order valence-electron chi connectivity index (χ1n) is 8.10. The third kappa shape index (κ3) is 3.48. The van der Waals surface area contributed by atoms with Crippen molar-refractivity contribution in [2.45, 2.75) is 70.9 Å². The van der Waals surface area contributed by atoms with E-state index in [9.17, 15) is 4.79 Å². The Labute approximate surface area is 129 Å². The minimum absolute atomic E-state index is 0. The number of carbonyl (C=O) groups excluding carboxylic acids is 1. The standard InChI is InChI=1S/C16H28N2O.ClH/c1-11(2)16(5-6-16)10-17-15(19)9-12-7-13-3-4-14(8-12)18-13;/h11-14,18H,3-10H2,1-2H3,(H,17,19);1H. The fourth-order valence-electron chi connectivity index (χ4n) is 4.07. The van der Waals surface area contributed by atoms with E-state index in [1.807, 2.05) is 0 Å². The zero-order chi connectivity index (χ0) is 13.5. The first kappa shape index (κ1) is 16.1. The van der Waals surface area contributed by atoms with Gasteiger partial charge in [-0.05, 0) is 55.8 Å². The second-order valence-electron chi connectivity index (χ2n) is 7.47. The van der Waals surface area contributed by atoms with Crippen molar-refractivity contribution in [1.82, 2.24) is 10.6 Å². The van der Waals surface area contributed by atoms with E-state index in [-0.39, 0.29) is 12.4 Å². The number of carbonyl (C=O) groups is 1. The van der Waals surface area contributed by atoms with Crippen molar-refractivity contribution in [3.05, 3.63) is 0 Å². The van der Waals surface area contributed by atoms with Crippen LogP contribution in [0.2, 0.25) is 0 Å². The van der Waals surface area contributed by atoms with Crippen LogP contribution >= 0.6 is 12.4 Å². The molecule has 1 saturated carbocycles. The van der Waals surface area contributed by atoms with Gasteiger partial charge in [-0.3, -0.25) is 4.79 Å². The monoisotopic (exact) mass is 300 g/mol. The number of hydrogen-bond donors (Lipinski definition) is 2. The van der Waals surface area contributed by atoms with Crippen molar-refractivity contribution < 1.29 is 4.79 Å². The Morgan fingerprint density at radius 2 is 1.85 bits per heavy atom.